The molecule has 0 bridgehead atoms. The lowest BCUT2D eigenvalue weighted by Crippen LogP contribution is -2.36. The second kappa shape index (κ2) is 8.11. The summed E-state index contributed by atoms with van der Waals surface area (Å²) in [7, 11) is 0. The molecule has 134 valence electrons. The number of rotatable bonds is 6. The Morgan fingerprint density at radius 1 is 1.16 bits per heavy atom. The lowest BCUT2D eigenvalue weighted by molar-refractivity contribution is -0.274. The summed E-state index contributed by atoms with van der Waals surface area (Å²) >= 11 is 5.76. The number of alkyl halides is 3. The van der Waals surface area contributed by atoms with Gasteiger partial charge in [0.2, 0.25) is 0 Å². The molecule has 0 radical (unpaired) electrons. The molecular formula is C17H15ClF3NO3. The predicted octanol–water partition coefficient (Wildman–Crippen LogP) is 4.32. The largest absolute Gasteiger partial charge is 0.573 e. The van der Waals surface area contributed by atoms with Crippen molar-refractivity contribution in [2.24, 2.45) is 0 Å². The lowest BCUT2D eigenvalue weighted by atomic mass is 10.2. The molecule has 25 heavy (non-hydrogen) atoms. The van der Waals surface area contributed by atoms with E-state index in [0.29, 0.717) is 10.8 Å². The third kappa shape index (κ3) is 6.19. The Morgan fingerprint density at radius 3 is 2.44 bits per heavy atom. The third-order valence-electron chi connectivity index (χ3n) is 3.15. The number of ether oxygens (including phenoxy) is 2. The van der Waals surface area contributed by atoms with Gasteiger partial charge >= 0.3 is 6.36 Å². The fourth-order valence-corrected chi connectivity index (χ4v) is 2.10. The van der Waals surface area contributed by atoms with Crippen LogP contribution in [0.2, 0.25) is 5.02 Å². The molecule has 0 aliphatic heterocycles. The Bertz CT molecular complexity index is 720. The quantitative estimate of drug-likeness (QED) is 0.820. The van der Waals surface area contributed by atoms with Crippen LogP contribution in [0.1, 0.15) is 12.5 Å². The summed E-state index contributed by atoms with van der Waals surface area (Å²) in [5, 5.41) is 3.05. The molecule has 2 rings (SSSR count). The molecule has 0 aromatic heterocycles. The van der Waals surface area contributed by atoms with Crippen molar-refractivity contribution in [2.75, 3.05) is 0 Å². The van der Waals surface area contributed by atoms with Crippen LogP contribution < -0.4 is 14.8 Å². The van der Waals surface area contributed by atoms with E-state index >= 15 is 0 Å². The van der Waals surface area contributed by atoms with Crippen LogP contribution in [0.5, 0.6) is 11.5 Å². The van der Waals surface area contributed by atoms with Gasteiger partial charge < -0.3 is 14.8 Å². The van der Waals surface area contributed by atoms with Crippen LogP contribution in [0.3, 0.4) is 0 Å². The molecule has 4 nitrogen and oxygen atoms in total. The molecule has 0 heterocycles. The molecule has 2 aromatic carbocycles. The van der Waals surface area contributed by atoms with E-state index in [1.54, 1.807) is 30.3 Å². The summed E-state index contributed by atoms with van der Waals surface area (Å²) < 4.78 is 46.5. The monoisotopic (exact) mass is 373 g/mol. The van der Waals surface area contributed by atoms with Gasteiger partial charge in [0.1, 0.15) is 11.5 Å². The number of para-hydroxylation sites is 1. The minimum atomic E-state index is -4.80. The van der Waals surface area contributed by atoms with Gasteiger partial charge in [0.25, 0.3) is 5.91 Å². The number of amides is 1. The van der Waals surface area contributed by atoms with Crippen molar-refractivity contribution in [3.63, 3.8) is 0 Å². The Morgan fingerprint density at radius 2 is 1.80 bits per heavy atom. The summed E-state index contributed by atoms with van der Waals surface area (Å²) in [5.41, 5.74) is 0.201. The van der Waals surface area contributed by atoms with Gasteiger partial charge in [-0.05, 0) is 37.3 Å². The van der Waals surface area contributed by atoms with E-state index in [1.807, 2.05) is 0 Å². The highest BCUT2D eigenvalue weighted by Gasteiger charge is 2.32. The zero-order chi connectivity index (χ0) is 18.4. The van der Waals surface area contributed by atoms with Crippen molar-refractivity contribution < 1.29 is 27.4 Å². The molecule has 0 fully saturated rings. The number of benzene rings is 2. The average molecular weight is 374 g/mol. The molecule has 1 amide bonds. The fraction of sp³-hybridized carbons (Fsp3) is 0.235. The second-order valence-corrected chi connectivity index (χ2v) is 5.52. The van der Waals surface area contributed by atoms with Crippen LogP contribution >= 0.6 is 11.6 Å². The van der Waals surface area contributed by atoms with Crippen molar-refractivity contribution in [3.05, 3.63) is 59.1 Å². The first-order valence-corrected chi connectivity index (χ1v) is 7.66. The highest BCUT2D eigenvalue weighted by Crippen LogP contribution is 2.26. The van der Waals surface area contributed by atoms with Gasteiger partial charge in [0.05, 0.1) is 0 Å². The average Bonchev–Trinajstić information content (AvgIpc) is 2.54. The minimum Gasteiger partial charge on any atom is -0.481 e. The van der Waals surface area contributed by atoms with E-state index in [2.05, 4.69) is 10.1 Å². The Balaban J connectivity index is 1.94. The van der Waals surface area contributed by atoms with Crippen LogP contribution in [0.25, 0.3) is 0 Å². The fourth-order valence-electron chi connectivity index (χ4n) is 1.97. The SMILES string of the molecule is CC(Oc1ccc(Cl)cc1)C(=O)NCc1ccccc1OC(F)(F)F. The summed E-state index contributed by atoms with van der Waals surface area (Å²) in [5.74, 6) is -0.383. The number of halogens is 4. The predicted molar refractivity (Wildman–Crippen MR) is 86.5 cm³/mol. The first-order valence-electron chi connectivity index (χ1n) is 7.28. The summed E-state index contributed by atoms with van der Waals surface area (Å²) in [6.45, 7) is 1.40. The molecule has 1 unspecified atom stereocenters. The maximum absolute atomic E-state index is 12.4. The van der Waals surface area contributed by atoms with Gasteiger partial charge in [0.15, 0.2) is 6.10 Å². The van der Waals surface area contributed by atoms with E-state index in [9.17, 15) is 18.0 Å². The van der Waals surface area contributed by atoms with Gasteiger partial charge in [-0.2, -0.15) is 0 Å². The molecule has 1 N–H and O–H groups in total. The van der Waals surface area contributed by atoms with E-state index in [-0.39, 0.29) is 17.9 Å². The molecule has 8 heteroatoms. The first-order chi connectivity index (χ1) is 11.7. The smallest absolute Gasteiger partial charge is 0.481 e. The van der Waals surface area contributed by atoms with Crippen LogP contribution in [-0.4, -0.2) is 18.4 Å². The Kier molecular flexibility index (Phi) is 6.14. The molecule has 0 saturated carbocycles. The molecule has 0 aliphatic rings. The van der Waals surface area contributed by atoms with Crippen molar-refractivity contribution >= 4 is 17.5 Å². The summed E-state index contributed by atoms with van der Waals surface area (Å²) in [6.07, 6.45) is -5.64. The topological polar surface area (TPSA) is 47.6 Å². The van der Waals surface area contributed by atoms with Crippen molar-refractivity contribution in [1.29, 1.82) is 0 Å². The number of carbonyl (C=O) groups excluding carboxylic acids is 1. The lowest BCUT2D eigenvalue weighted by Gasteiger charge is -2.16. The highest BCUT2D eigenvalue weighted by atomic mass is 35.5. The number of carbonyl (C=O) groups is 1. The van der Waals surface area contributed by atoms with Crippen molar-refractivity contribution in [2.45, 2.75) is 25.9 Å². The van der Waals surface area contributed by atoms with Crippen molar-refractivity contribution in [3.8, 4) is 11.5 Å². The van der Waals surface area contributed by atoms with E-state index < -0.39 is 18.4 Å². The van der Waals surface area contributed by atoms with Gasteiger partial charge in [-0.15, -0.1) is 13.2 Å². The highest BCUT2D eigenvalue weighted by molar-refractivity contribution is 6.30. The zero-order valence-corrected chi connectivity index (χ0v) is 13.9. The second-order valence-electron chi connectivity index (χ2n) is 5.09. The molecule has 2 aromatic rings. The molecule has 0 aliphatic carbocycles. The maximum Gasteiger partial charge on any atom is 0.573 e. The molecule has 1 atom stereocenters. The first kappa shape index (κ1) is 18.9. The summed E-state index contributed by atoms with van der Waals surface area (Å²) in [6, 6.07) is 12.0. The number of nitrogens with one attached hydrogen (secondary N) is 1. The normalized spacial score (nSPS) is 12.4. The van der Waals surface area contributed by atoms with Crippen LogP contribution in [0.4, 0.5) is 13.2 Å². The third-order valence-corrected chi connectivity index (χ3v) is 3.40. The van der Waals surface area contributed by atoms with Crippen LogP contribution in [-0.2, 0) is 11.3 Å². The zero-order valence-electron chi connectivity index (χ0n) is 13.1. The number of hydrogen-bond donors (Lipinski definition) is 1. The molecule has 0 saturated heterocycles. The van der Waals surface area contributed by atoms with Gasteiger partial charge in [0, 0.05) is 17.1 Å². The van der Waals surface area contributed by atoms with E-state index in [1.165, 1.54) is 25.1 Å². The van der Waals surface area contributed by atoms with E-state index in [4.69, 9.17) is 16.3 Å². The summed E-state index contributed by atoms with van der Waals surface area (Å²) in [4.78, 5) is 12.1. The Hall–Kier alpha value is -2.41. The standard InChI is InChI=1S/C17H15ClF3NO3/c1-11(24-14-8-6-13(18)7-9-14)16(23)22-10-12-4-2-3-5-15(12)25-17(19,20)21/h2-9,11H,10H2,1H3,(H,22,23). The molecular weight excluding hydrogens is 359 g/mol. The van der Waals surface area contributed by atoms with E-state index in [0.717, 1.165) is 0 Å². The Labute approximate surface area is 147 Å². The van der Waals surface area contributed by atoms with Gasteiger partial charge in [-0.3, -0.25) is 4.79 Å². The minimum absolute atomic E-state index is 0.126. The van der Waals surface area contributed by atoms with Gasteiger partial charge in [-0.1, -0.05) is 29.8 Å². The van der Waals surface area contributed by atoms with Crippen molar-refractivity contribution in [1.82, 2.24) is 5.32 Å². The number of hydrogen-bond acceptors (Lipinski definition) is 3. The molecule has 0 spiro atoms. The van der Waals surface area contributed by atoms with Gasteiger partial charge in [-0.25, -0.2) is 0 Å². The maximum atomic E-state index is 12.4. The van der Waals surface area contributed by atoms with Crippen LogP contribution in [0, 0.1) is 0 Å². The van der Waals surface area contributed by atoms with Crippen LogP contribution in [0.15, 0.2) is 48.5 Å².